The fraction of sp³-hybridized carbons (Fsp3) is 0.500. The fourth-order valence-electron chi connectivity index (χ4n) is 0.886. The van der Waals surface area contributed by atoms with E-state index < -0.39 is 5.97 Å². The van der Waals surface area contributed by atoms with Crippen LogP contribution in [0.1, 0.15) is 12.8 Å². The third-order valence-electron chi connectivity index (χ3n) is 1.34. The van der Waals surface area contributed by atoms with Crippen LogP contribution in [0.4, 0.5) is 0 Å². The van der Waals surface area contributed by atoms with Crippen LogP contribution in [0.3, 0.4) is 0 Å². The molecule has 1 saturated heterocycles. The van der Waals surface area contributed by atoms with E-state index in [1.807, 2.05) is 0 Å². The summed E-state index contributed by atoms with van der Waals surface area (Å²) in [4.78, 5) is 10.0. The summed E-state index contributed by atoms with van der Waals surface area (Å²) >= 11 is 0. The summed E-state index contributed by atoms with van der Waals surface area (Å²) in [5.74, 6) is -0.970. The van der Waals surface area contributed by atoms with Crippen LogP contribution in [-0.4, -0.2) is 18.6 Å². The molecule has 8 heteroatoms. The number of aliphatic carboxylic acids is 1. The molecule has 0 radical (unpaired) electrons. The first-order chi connectivity index (χ1) is 6.80. The summed E-state index contributed by atoms with van der Waals surface area (Å²) in [6, 6.07) is -0.380. The molecule has 0 aromatic rings. The minimum atomic E-state index is -0.970. The molecular weight excluding hydrogens is 327 g/mol. The van der Waals surface area contributed by atoms with E-state index in [0.29, 0.717) is 0 Å². The summed E-state index contributed by atoms with van der Waals surface area (Å²) in [6.07, 6.45) is 1.68. The average Bonchev–Trinajstić information content (AvgIpc) is 2.80. The molecule has 1 rings (SSSR count). The van der Waals surface area contributed by atoms with Crippen molar-refractivity contribution in [2.75, 3.05) is 6.54 Å². The first-order valence-corrected chi connectivity index (χ1v) is 3.36. The zero-order chi connectivity index (χ0) is 12.0. The third-order valence-corrected chi connectivity index (χ3v) is 1.34. The van der Waals surface area contributed by atoms with Gasteiger partial charge >= 0.3 is 53.4 Å². The molecule has 0 spiro atoms. The van der Waals surface area contributed by atoms with Crippen molar-refractivity contribution in [1.29, 1.82) is 0 Å². The molecule has 0 amide bonds. The van der Waals surface area contributed by atoms with Gasteiger partial charge in [0.2, 0.25) is 0 Å². The quantitative estimate of drug-likeness (QED) is 0.296. The van der Waals surface area contributed by atoms with Crippen LogP contribution in [0.15, 0.2) is 0 Å². The molecular formula is C8H8ClNO5Ru. The van der Waals surface area contributed by atoms with Gasteiger partial charge in [0, 0.05) is 6.04 Å². The molecule has 1 aliphatic rings. The maximum atomic E-state index is 10.0. The van der Waals surface area contributed by atoms with E-state index >= 15 is 0 Å². The summed E-state index contributed by atoms with van der Waals surface area (Å²) in [7, 11) is 0. The van der Waals surface area contributed by atoms with Gasteiger partial charge < -0.3 is 27.6 Å². The minimum Gasteiger partial charge on any atom is -1.00 e. The predicted octanol–water partition coefficient (Wildman–Crippen LogP) is -4.62. The van der Waals surface area contributed by atoms with Crippen molar-refractivity contribution >= 4 is 5.97 Å². The molecule has 0 aromatic heterocycles. The van der Waals surface area contributed by atoms with Crippen molar-refractivity contribution in [3.8, 4) is 0 Å². The number of carbonyl (C=O) groups is 1. The Morgan fingerprint density at radius 2 is 1.56 bits per heavy atom. The maximum Gasteiger partial charge on any atom is 2.00 e. The number of rotatable bonds is 1. The Morgan fingerprint density at radius 1 is 1.19 bits per heavy atom. The molecule has 0 aromatic carbocycles. The van der Waals surface area contributed by atoms with E-state index in [-0.39, 0.29) is 37.9 Å². The second-order valence-corrected chi connectivity index (χ2v) is 1.97. The second kappa shape index (κ2) is 29.3. The minimum absolute atomic E-state index is 0. The Morgan fingerprint density at radius 3 is 1.69 bits per heavy atom. The first-order valence-electron chi connectivity index (χ1n) is 3.36. The van der Waals surface area contributed by atoms with Gasteiger partial charge in [-0.2, -0.15) is 0 Å². The number of carboxylic acids is 1. The van der Waals surface area contributed by atoms with Crippen molar-refractivity contribution in [1.82, 2.24) is 5.32 Å². The molecule has 6 nitrogen and oxygen atoms in total. The van der Waals surface area contributed by atoms with Gasteiger partial charge in [0.15, 0.2) is 0 Å². The third kappa shape index (κ3) is 19.2. The summed E-state index contributed by atoms with van der Waals surface area (Å²) in [6.45, 7) is 14.3. The van der Waals surface area contributed by atoms with E-state index in [0.717, 1.165) is 19.4 Å². The van der Waals surface area contributed by atoms with Crippen LogP contribution in [0.25, 0.3) is 0 Å². The topological polar surface area (TPSA) is 112 Å². The van der Waals surface area contributed by atoms with E-state index in [9.17, 15) is 9.90 Å². The largest absolute Gasteiger partial charge is 2.00 e. The van der Waals surface area contributed by atoms with Crippen molar-refractivity contribution in [2.24, 2.45) is 0 Å². The van der Waals surface area contributed by atoms with Crippen LogP contribution < -0.4 is 22.8 Å². The summed E-state index contributed by atoms with van der Waals surface area (Å²) in [5.41, 5.74) is 0. The molecule has 1 atom stereocenters. The first kappa shape index (κ1) is 29.6. The van der Waals surface area contributed by atoms with Gasteiger partial charge in [0.1, 0.15) is 0 Å². The zero-order valence-electron chi connectivity index (χ0n) is 7.97. The monoisotopic (exact) mass is 335 g/mol. The number of hydrogen-bond acceptors (Lipinski definition) is 3. The molecule has 16 heavy (non-hydrogen) atoms. The Labute approximate surface area is 112 Å². The Kier molecular flexibility index (Phi) is 54.2. The fourth-order valence-corrected chi connectivity index (χ4v) is 0.886. The van der Waals surface area contributed by atoms with Crippen molar-refractivity contribution in [2.45, 2.75) is 18.9 Å². The molecule has 90 valence electrons. The molecule has 0 bridgehead atoms. The van der Waals surface area contributed by atoms with E-state index in [2.05, 4.69) is 25.3 Å². The SMILES string of the molecule is O=C([O-])C1CCCN1.[C-]#[O+].[C-]#[O+].[C-]#[O+].[Cl-].[Ru+2]. The van der Waals surface area contributed by atoms with Gasteiger partial charge in [0.05, 0.1) is 5.97 Å². The van der Waals surface area contributed by atoms with Crippen LogP contribution in [-0.2, 0) is 38.2 Å². The van der Waals surface area contributed by atoms with Crippen LogP contribution >= 0.6 is 0 Å². The van der Waals surface area contributed by atoms with Crippen LogP contribution in [0, 0.1) is 20.0 Å². The van der Waals surface area contributed by atoms with Gasteiger partial charge in [-0.3, -0.25) is 0 Å². The summed E-state index contributed by atoms with van der Waals surface area (Å²) < 4.78 is 22.5. The molecule has 1 aliphatic heterocycles. The summed E-state index contributed by atoms with van der Waals surface area (Å²) in [5, 5.41) is 12.8. The van der Waals surface area contributed by atoms with Gasteiger partial charge in [-0.15, -0.1) is 0 Å². The molecule has 1 unspecified atom stereocenters. The van der Waals surface area contributed by atoms with Crippen molar-refractivity contribution in [3.05, 3.63) is 20.0 Å². The normalized spacial score (nSPS) is 14.5. The number of hydrogen-bond donors (Lipinski definition) is 1. The van der Waals surface area contributed by atoms with E-state index in [4.69, 9.17) is 14.0 Å². The van der Waals surface area contributed by atoms with Crippen molar-refractivity contribution < 1.29 is 55.7 Å². The maximum absolute atomic E-state index is 10.0. The smallest absolute Gasteiger partial charge is 1.00 e. The Bertz CT molecular complexity index is 186. The predicted molar refractivity (Wildman–Crippen MR) is 37.8 cm³/mol. The number of halogens is 1. The van der Waals surface area contributed by atoms with Crippen molar-refractivity contribution in [3.63, 3.8) is 0 Å². The molecule has 1 N–H and O–H groups in total. The average molecular weight is 335 g/mol. The zero-order valence-corrected chi connectivity index (χ0v) is 10.5. The molecule has 1 heterocycles. The van der Waals surface area contributed by atoms with E-state index in [1.54, 1.807) is 0 Å². The van der Waals surface area contributed by atoms with E-state index in [1.165, 1.54) is 0 Å². The van der Waals surface area contributed by atoms with Crippen LogP contribution in [0.2, 0.25) is 0 Å². The number of nitrogens with one attached hydrogen (secondary N) is 1. The number of carboxylic acid groups (broad SMARTS) is 1. The second-order valence-electron chi connectivity index (χ2n) is 1.97. The van der Waals surface area contributed by atoms with Crippen LogP contribution in [0.5, 0.6) is 0 Å². The Hall–Kier alpha value is -0.437. The standard InChI is InChI=1S/C5H9NO2.3CO.ClH.Ru/c7-5(8)4-2-1-3-6-4;3*1-2;;/h4,6H,1-3H2,(H,7,8);;;;1H;/q;;;;;+2/p-2. The molecule has 1 fully saturated rings. The van der Waals surface area contributed by atoms with Gasteiger partial charge in [-0.1, -0.05) is 0 Å². The number of carbonyl (C=O) groups excluding carboxylic acids is 1. The molecule has 0 saturated carbocycles. The van der Waals surface area contributed by atoms with Gasteiger partial charge in [-0.05, 0) is 19.4 Å². The van der Waals surface area contributed by atoms with Gasteiger partial charge in [0.25, 0.3) is 0 Å². The Balaban J connectivity index is -0.0000000445. The van der Waals surface area contributed by atoms with Gasteiger partial charge in [-0.25, -0.2) is 0 Å². The molecule has 0 aliphatic carbocycles.